The Bertz CT molecular complexity index is 673. The fourth-order valence-corrected chi connectivity index (χ4v) is 3.15. The van der Waals surface area contributed by atoms with E-state index in [0.29, 0.717) is 29.5 Å². The van der Waals surface area contributed by atoms with E-state index in [1.165, 1.54) is 0 Å². The molecule has 0 radical (unpaired) electrons. The van der Waals surface area contributed by atoms with Crippen LogP contribution in [0.15, 0.2) is 48.8 Å². The lowest BCUT2D eigenvalue weighted by Crippen LogP contribution is -2.49. The van der Waals surface area contributed by atoms with Gasteiger partial charge in [0, 0.05) is 18.3 Å². The maximum Gasteiger partial charge on any atom is 0.254 e. The van der Waals surface area contributed by atoms with Gasteiger partial charge >= 0.3 is 0 Å². The molecule has 126 valence electrons. The first-order valence-corrected chi connectivity index (χ1v) is 8.29. The molecule has 1 saturated heterocycles. The summed E-state index contributed by atoms with van der Waals surface area (Å²) in [6, 6.07) is 10.6. The molecule has 1 N–H and O–H groups in total. The normalized spacial score (nSPS) is 20.7. The molecule has 1 aliphatic heterocycles. The first-order chi connectivity index (χ1) is 11.7. The summed E-state index contributed by atoms with van der Waals surface area (Å²) in [5.74, 6) is 1.60. The highest BCUT2D eigenvalue weighted by Gasteiger charge is 2.31. The fourth-order valence-electron chi connectivity index (χ4n) is 3.15. The SMILES string of the molecule is CC1CCCN(C(=O)c2ccc(Oc3cccnc3)cc2)C1CO. The van der Waals surface area contributed by atoms with Crippen LogP contribution in [0.3, 0.4) is 0 Å². The van der Waals surface area contributed by atoms with E-state index in [4.69, 9.17) is 4.74 Å². The number of nitrogens with zero attached hydrogens (tertiary/aromatic N) is 2. The molecule has 2 aromatic rings. The number of piperidine rings is 1. The number of carbonyl (C=O) groups excluding carboxylic acids is 1. The second-order valence-electron chi connectivity index (χ2n) is 6.18. The Morgan fingerprint density at radius 1 is 1.29 bits per heavy atom. The van der Waals surface area contributed by atoms with Crippen LogP contribution in [0.25, 0.3) is 0 Å². The molecule has 5 heteroatoms. The molecule has 1 amide bonds. The minimum atomic E-state index is -0.0995. The molecule has 0 saturated carbocycles. The number of benzene rings is 1. The molecule has 1 aromatic heterocycles. The third kappa shape index (κ3) is 3.57. The molecular weight excluding hydrogens is 304 g/mol. The molecule has 0 spiro atoms. The maximum atomic E-state index is 12.7. The number of pyridine rings is 1. The topological polar surface area (TPSA) is 62.7 Å². The second kappa shape index (κ2) is 7.45. The smallest absolute Gasteiger partial charge is 0.254 e. The van der Waals surface area contributed by atoms with Gasteiger partial charge in [-0.2, -0.15) is 0 Å². The number of amides is 1. The van der Waals surface area contributed by atoms with Gasteiger partial charge in [0.05, 0.1) is 18.8 Å². The lowest BCUT2D eigenvalue weighted by atomic mass is 9.90. The van der Waals surface area contributed by atoms with Crippen molar-refractivity contribution in [1.29, 1.82) is 0 Å². The van der Waals surface area contributed by atoms with Gasteiger partial charge in [0.2, 0.25) is 0 Å². The number of aliphatic hydroxyl groups excluding tert-OH is 1. The Labute approximate surface area is 141 Å². The third-order valence-electron chi connectivity index (χ3n) is 4.53. The summed E-state index contributed by atoms with van der Waals surface area (Å²) >= 11 is 0. The number of rotatable bonds is 4. The average Bonchev–Trinajstić information content (AvgIpc) is 2.62. The van der Waals surface area contributed by atoms with Gasteiger partial charge in [-0.15, -0.1) is 0 Å². The van der Waals surface area contributed by atoms with Gasteiger partial charge in [0.25, 0.3) is 5.91 Å². The van der Waals surface area contributed by atoms with Crippen LogP contribution in [-0.2, 0) is 0 Å². The van der Waals surface area contributed by atoms with E-state index in [-0.39, 0.29) is 18.6 Å². The first-order valence-electron chi connectivity index (χ1n) is 8.29. The molecule has 2 atom stereocenters. The van der Waals surface area contributed by atoms with Crippen molar-refractivity contribution in [3.63, 3.8) is 0 Å². The number of likely N-dealkylation sites (tertiary alicyclic amines) is 1. The van der Waals surface area contributed by atoms with Crippen molar-refractivity contribution < 1.29 is 14.6 Å². The van der Waals surface area contributed by atoms with Crippen molar-refractivity contribution in [2.45, 2.75) is 25.8 Å². The van der Waals surface area contributed by atoms with Crippen molar-refractivity contribution in [3.8, 4) is 11.5 Å². The second-order valence-corrected chi connectivity index (χ2v) is 6.18. The third-order valence-corrected chi connectivity index (χ3v) is 4.53. The predicted molar refractivity (Wildman–Crippen MR) is 91.1 cm³/mol. The zero-order chi connectivity index (χ0) is 16.9. The summed E-state index contributed by atoms with van der Waals surface area (Å²) in [5, 5.41) is 9.62. The van der Waals surface area contributed by atoms with Crippen molar-refractivity contribution in [1.82, 2.24) is 9.88 Å². The number of hydrogen-bond acceptors (Lipinski definition) is 4. The Balaban J connectivity index is 1.71. The minimum absolute atomic E-state index is 0.00904. The lowest BCUT2D eigenvalue weighted by Gasteiger charge is -2.39. The number of carbonyl (C=O) groups is 1. The Morgan fingerprint density at radius 3 is 2.75 bits per heavy atom. The molecule has 1 fully saturated rings. The highest BCUT2D eigenvalue weighted by Crippen LogP contribution is 2.26. The van der Waals surface area contributed by atoms with Gasteiger partial charge in [-0.3, -0.25) is 9.78 Å². The molecule has 2 unspecified atom stereocenters. The van der Waals surface area contributed by atoms with Crippen LogP contribution >= 0.6 is 0 Å². The zero-order valence-corrected chi connectivity index (χ0v) is 13.8. The Hall–Kier alpha value is -2.40. The van der Waals surface area contributed by atoms with E-state index in [1.54, 1.807) is 47.6 Å². The molecule has 1 aromatic carbocycles. The van der Waals surface area contributed by atoms with Crippen molar-refractivity contribution in [2.24, 2.45) is 5.92 Å². The van der Waals surface area contributed by atoms with Crippen LogP contribution in [0, 0.1) is 5.92 Å². The summed E-state index contributed by atoms with van der Waals surface area (Å²) in [4.78, 5) is 18.5. The Morgan fingerprint density at radius 2 is 2.08 bits per heavy atom. The molecule has 1 aliphatic rings. The van der Waals surface area contributed by atoms with Gasteiger partial charge in [0.15, 0.2) is 0 Å². The molecule has 2 heterocycles. The van der Waals surface area contributed by atoms with Gasteiger partial charge < -0.3 is 14.7 Å². The molecule has 5 nitrogen and oxygen atoms in total. The number of aromatic nitrogens is 1. The highest BCUT2D eigenvalue weighted by atomic mass is 16.5. The summed E-state index contributed by atoms with van der Waals surface area (Å²) in [7, 11) is 0. The van der Waals surface area contributed by atoms with Crippen molar-refractivity contribution in [2.75, 3.05) is 13.2 Å². The van der Waals surface area contributed by atoms with Gasteiger partial charge in [-0.05, 0) is 55.2 Å². The number of ether oxygens (including phenoxy) is 1. The van der Waals surface area contributed by atoms with Gasteiger partial charge in [-0.1, -0.05) is 6.92 Å². The van der Waals surface area contributed by atoms with E-state index in [1.807, 2.05) is 6.07 Å². The summed E-state index contributed by atoms with van der Waals surface area (Å²) in [5.41, 5.74) is 0.612. The maximum absolute atomic E-state index is 12.7. The van der Waals surface area contributed by atoms with Crippen molar-refractivity contribution in [3.05, 3.63) is 54.4 Å². The minimum Gasteiger partial charge on any atom is -0.456 e. The molecule has 24 heavy (non-hydrogen) atoms. The predicted octanol–water partition coefficient (Wildman–Crippen LogP) is 3.11. The van der Waals surface area contributed by atoms with Gasteiger partial charge in [-0.25, -0.2) is 0 Å². The van der Waals surface area contributed by atoms with E-state index in [2.05, 4.69) is 11.9 Å². The summed E-state index contributed by atoms with van der Waals surface area (Å²) < 4.78 is 5.69. The monoisotopic (exact) mass is 326 g/mol. The van der Waals surface area contributed by atoms with Crippen LogP contribution in [0.1, 0.15) is 30.1 Å². The van der Waals surface area contributed by atoms with Crippen LogP contribution in [0.2, 0.25) is 0 Å². The standard InChI is InChI=1S/C19H22N2O3/c1-14-4-3-11-21(18(14)13-22)19(23)15-6-8-16(9-7-15)24-17-5-2-10-20-12-17/h2,5-10,12,14,18,22H,3-4,11,13H2,1H3. The largest absolute Gasteiger partial charge is 0.456 e. The summed E-state index contributed by atoms with van der Waals surface area (Å²) in [6.45, 7) is 2.79. The van der Waals surface area contributed by atoms with E-state index in [0.717, 1.165) is 12.8 Å². The fraction of sp³-hybridized carbons (Fsp3) is 0.368. The highest BCUT2D eigenvalue weighted by molar-refractivity contribution is 5.94. The molecule has 0 bridgehead atoms. The molecule has 0 aliphatic carbocycles. The van der Waals surface area contributed by atoms with Crippen molar-refractivity contribution >= 4 is 5.91 Å². The Kier molecular flexibility index (Phi) is 5.11. The first kappa shape index (κ1) is 16.5. The van der Waals surface area contributed by atoms with Crippen LogP contribution in [-0.4, -0.2) is 40.1 Å². The number of aliphatic hydroxyl groups is 1. The van der Waals surface area contributed by atoms with E-state index >= 15 is 0 Å². The van der Waals surface area contributed by atoms with Crippen LogP contribution in [0.5, 0.6) is 11.5 Å². The molecule has 3 rings (SSSR count). The van der Waals surface area contributed by atoms with Crippen LogP contribution in [0.4, 0.5) is 0 Å². The van der Waals surface area contributed by atoms with Crippen LogP contribution < -0.4 is 4.74 Å². The quantitative estimate of drug-likeness (QED) is 0.938. The van der Waals surface area contributed by atoms with E-state index in [9.17, 15) is 9.90 Å². The zero-order valence-electron chi connectivity index (χ0n) is 13.8. The summed E-state index contributed by atoms with van der Waals surface area (Å²) in [6.07, 6.45) is 5.35. The number of hydrogen-bond donors (Lipinski definition) is 1. The molecular formula is C19H22N2O3. The van der Waals surface area contributed by atoms with E-state index < -0.39 is 0 Å². The van der Waals surface area contributed by atoms with Gasteiger partial charge in [0.1, 0.15) is 11.5 Å². The lowest BCUT2D eigenvalue weighted by molar-refractivity contribution is 0.0358. The average molecular weight is 326 g/mol.